The summed E-state index contributed by atoms with van der Waals surface area (Å²) in [6.07, 6.45) is 0. The van der Waals surface area contributed by atoms with Crippen LogP contribution in [0.25, 0.3) is 0 Å². The Morgan fingerprint density at radius 1 is 1.46 bits per heavy atom. The Bertz CT molecular complexity index is 328. The van der Waals surface area contributed by atoms with E-state index in [1.54, 1.807) is 18.2 Å². The molecule has 13 heavy (non-hydrogen) atoms. The predicted octanol–water partition coefficient (Wildman–Crippen LogP) is 2.88. The van der Waals surface area contributed by atoms with Gasteiger partial charge < -0.3 is 4.84 Å². The van der Waals surface area contributed by atoms with Gasteiger partial charge in [-0.05, 0) is 12.1 Å². The molecule has 0 aliphatic rings. The van der Waals surface area contributed by atoms with Crippen molar-refractivity contribution in [1.82, 2.24) is 0 Å². The number of anilines is 1. The van der Waals surface area contributed by atoms with E-state index in [0.717, 1.165) is 0 Å². The SMILES string of the molecule is CC(=O)ONc1cccc(Cl)c1Cl. The molecule has 0 bridgehead atoms. The number of carbonyl (C=O) groups is 1. The average molecular weight is 220 g/mol. The lowest BCUT2D eigenvalue weighted by atomic mass is 10.3. The van der Waals surface area contributed by atoms with E-state index in [2.05, 4.69) is 10.3 Å². The second kappa shape index (κ2) is 4.35. The largest absolute Gasteiger partial charge is 0.344 e. The number of nitrogens with one attached hydrogen (secondary N) is 1. The van der Waals surface area contributed by atoms with Crippen molar-refractivity contribution in [2.45, 2.75) is 6.92 Å². The van der Waals surface area contributed by atoms with Gasteiger partial charge in [0.25, 0.3) is 0 Å². The number of benzene rings is 1. The Labute approximate surface area is 85.5 Å². The van der Waals surface area contributed by atoms with Gasteiger partial charge in [-0.1, -0.05) is 29.3 Å². The second-order valence-electron chi connectivity index (χ2n) is 2.30. The zero-order chi connectivity index (χ0) is 9.84. The monoisotopic (exact) mass is 219 g/mol. The zero-order valence-electron chi connectivity index (χ0n) is 6.80. The fourth-order valence-corrected chi connectivity index (χ4v) is 1.05. The predicted molar refractivity (Wildman–Crippen MR) is 51.9 cm³/mol. The molecule has 0 unspecified atom stereocenters. The number of halogens is 2. The van der Waals surface area contributed by atoms with E-state index < -0.39 is 5.97 Å². The Balaban J connectivity index is 2.77. The normalized spacial score (nSPS) is 9.46. The van der Waals surface area contributed by atoms with Crippen molar-refractivity contribution in [3.63, 3.8) is 0 Å². The van der Waals surface area contributed by atoms with Gasteiger partial charge in [-0.25, -0.2) is 5.48 Å². The van der Waals surface area contributed by atoms with E-state index >= 15 is 0 Å². The number of rotatable bonds is 2. The number of carbonyl (C=O) groups excluding carboxylic acids is 1. The van der Waals surface area contributed by atoms with Gasteiger partial charge in [-0.15, -0.1) is 0 Å². The fourth-order valence-electron chi connectivity index (χ4n) is 0.709. The number of hydrogen-bond donors (Lipinski definition) is 1. The molecule has 0 amide bonds. The van der Waals surface area contributed by atoms with Crippen LogP contribution in [0.5, 0.6) is 0 Å². The van der Waals surface area contributed by atoms with Crippen LogP contribution < -0.4 is 5.48 Å². The minimum Gasteiger partial charge on any atom is -0.344 e. The van der Waals surface area contributed by atoms with Gasteiger partial charge in [0.05, 0.1) is 15.7 Å². The van der Waals surface area contributed by atoms with Gasteiger partial charge in [0.2, 0.25) is 0 Å². The zero-order valence-corrected chi connectivity index (χ0v) is 8.32. The molecular weight excluding hydrogens is 213 g/mol. The van der Waals surface area contributed by atoms with E-state index in [-0.39, 0.29) is 0 Å². The summed E-state index contributed by atoms with van der Waals surface area (Å²) in [6.45, 7) is 1.28. The molecule has 3 nitrogen and oxygen atoms in total. The van der Waals surface area contributed by atoms with Gasteiger partial charge in [-0.3, -0.25) is 4.79 Å². The van der Waals surface area contributed by atoms with E-state index in [1.165, 1.54) is 6.92 Å². The van der Waals surface area contributed by atoms with Crippen molar-refractivity contribution >= 4 is 34.9 Å². The molecule has 0 radical (unpaired) electrons. The molecule has 0 aliphatic heterocycles. The quantitative estimate of drug-likeness (QED) is 0.778. The van der Waals surface area contributed by atoms with Gasteiger partial charge >= 0.3 is 5.97 Å². The molecule has 1 rings (SSSR count). The molecule has 0 saturated heterocycles. The molecule has 0 fully saturated rings. The van der Waals surface area contributed by atoms with Crippen molar-refractivity contribution in [2.75, 3.05) is 5.48 Å². The minimum absolute atomic E-state index is 0.324. The first kappa shape index (κ1) is 10.2. The third kappa shape index (κ3) is 2.79. The second-order valence-corrected chi connectivity index (χ2v) is 3.08. The number of hydrogen-bond acceptors (Lipinski definition) is 3. The maximum atomic E-state index is 10.5. The van der Waals surface area contributed by atoms with Gasteiger partial charge in [0.1, 0.15) is 0 Å². The summed E-state index contributed by atoms with van der Waals surface area (Å²) in [4.78, 5) is 15.0. The highest BCUT2D eigenvalue weighted by molar-refractivity contribution is 6.43. The molecule has 0 aliphatic carbocycles. The van der Waals surface area contributed by atoms with Crippen LogP contribution in [-0.4, -0.2) is 5.97 Å². The minimum atomic E-state index is -0.448. The van der Waals surface area contributed by atoms with Gasteiger partial charge in [0, 0.05) is 6.92 Å². The molecular formula is C8H7Cl2NO2. The highest BCUT2D eigenvalue weighted by Gasteiger charge is 2.04. The molecule has 0 aromatic heterocycles. The first-order valence-electron chi connectivity index (χ1n) is 3.48. The van der Waals surface area contributed by atoms with Crippen molar-refractivity contribution in [2.24, 2.45) is 0 Å². The van der Waals surface area contributed by atoms with Crippen LogP contribution in [-0.2, 0) is 9.63 Å². The Morgan fingerprint density at radius 3 is 2.77 bits per heavy atom. The standard InChI is InChI=1S/C8H7Cl2NO2/c1-5(12)13-11-7-4-2-3-6(9)8(7)10/h2-4,11H,1H3. The molecule has 0 heterocycles. The fraction of sp³-hybridized carbons (Fsp3) is 0.125. The van der Waals surface area contributed by atoms with Crippen molar-refractivity contribution in [3.8, 4) is 0 Å². The highest BCUT2D eigenvalue weighted by Crippen LogP contribution is 2.29. The Hall–Kier alpha value is -0.930. The molecule has 1 aromatic rings. The third-order valence-corrected chi connectivity index (χ3v) is 2.08. The summed E-state index contributed by atoms with van der Waals surface area (Å²) in [5.74, 6) is -0.448. The van der Waals surface area contributed by atoms with Crippen molar-refractivity contribution < 1.29 is 9.63 Å². The lowest BCUT2D eigenvalue weighted by Crippen LogP contribution is -2.06. The maximum Gasteiger partial charge on any atom is 0.329 e. The van der Waals surface area contributed by atoms with Crippen molar-refractivity contribution in [3.05, 3.63) is 28.2 Å². The molecule has 0 spiro atoms. The summed E-state index contributed by atoms with van der Waals surface area (Å²) in [6, 6.07) is 4.99. The lowest BCUT2D eigenvalue weighted by molar-refractivity contribution is -0.138. The van der Waals surface area contributed by atoms with Gasteiger partial charge in [0.15, 0.2) is 0 Å². The molecule has 0 saturated carbocycles. The first-order valence-corrected chi connectivity index (χ1v) is 4.24. The van der Waals surface area contributed by atoms with Crippen LogP contribution in [0.1, 0.15) is 6.92 Å². The smallest absolute Gasteiger partial charge is 0.329 e. The van der Waals surface area contributed by atoms with Crippen LogP contribution in [0.2, 0.25) is 10.0 Å². The molecule has 1 N–H and O–H groups in total. The van der Waals surface area contributed by atoms with E-state index in [0.29, 0.717) is 15.7 Å². The van der Waals surface area contributed by atoms with E-state index in [4.69, 9.17) is 23.2 Å². The molecule has 0 atom stereocenters. The maximum absolute atomic E-state index is 10.5. The topological polar surface area (TPSA) is 38.3 Å². The molecule has 70 valence electrons. The average Bonchev–Trinajstić information content (AvgIpc) is 2.07. The summed E-state index contributed by atoms with van der Waals surface area (Å²) in [7, 11) is 0. The van der Waals surface area contributed by atoms with Crippen LogP contribution in [0.4, 0.5) is 5.69 Å². The summed E-state index contributed by atoms with van der Waals surface area (Å²) in [5, 5.41) is 0.726. The first-order chi connectivity index (χ1) is 6.11. The summed E-state index contributed by atoms with van der Waals surface area (Å²) >= 11 is 11.5. The Kier molecular flexibility index (Phi) is 3.39. The van der Waals surface area contributed by atoms with Crippen LogP contribution in [0.3, 0.4) is 0 Å². The molecule has 1 aromatic carbocycles. The van der Waals surface area contributed by atoms with Crippen molar-refractivity contribution in [1.29, 1.82) is 0 Å². The third-order valence-electron chi connectivity index (χ3n) is 1.26. The van der Waals surface area contributed by atoms with E-state index in [1.807, 2.05) is 0 Å². The van der Waals surface area contributed by atoms with Gasteiger partial charge in [-0.2, -0.15) is 0 Å². The summed E-state index contributed by atoms with van der Waals surface area (Å²) in [5.41, 5.74) is 2.85. The molecule has 5 heteroatoms. The Morgan fingerprint density at radius 2 is 2.15 bits per heavy atom. The summed E-state index contributed by atoms with van der Waals surface area (Å²) < 4.78 is 0. The lowest BCUT2D eigenvalue weighted by Gasteiger charge is -2.06. The van der Waals surface area contributed by atoms with Crippen LogP contribution in [0.15, 0.2) is 18.2 Å². The van der Waals surface area contributed by atoms with E-state index in [9.17, 15) is 4.79 Å². The van der Waals surface area contributed by atoms with Crippen LogP contribution >= 0.6 is 23.2 Å². The van der Waals surface area contributed by atoms with Crippen LogP contribution in [0, 0.1) is 0 Å². The highest BCUT2D eigenvalue weighted by atomic mass is 35.5.